The van der Waals surface area contributed by atoms with Gasteiger partial charge in [-0.25, -0.2) is 8.42 Å². The van der Waals surface area contributed by atoms with Gasteiger partial charge in [0.05, 0.1) is 11.5 Å². The third-order valence-corrected chi connectivity index (χ3v) is 6.03. The van der Waals surface area contributed by atoms with Crippen molar-refractivity contribution in [1.29, 1.82) is 0 Å². The van der Waals surface area contributed by atoms with Crippen LogP contribution in [0.4, 0.5) is 0 Å². The number of rotatable bonds is 4. The van der Waals surface area contributed by atoms with Crippen LogP contribution in [-0.2, 0) is 14.8 Å². The largest absolute Gasteiger partial charge is 0.383 e. The number of hydrogen-bond donors (Lipinski definition) is 0. The summed E-state index contributed by atoms with van der Waals surface area (Å²) in [6.45, 7) is 1.02. The normalized spacial score (nSPS) is 20.1. The van der Waals surface area contributed by atoms with Gasteiger partial charge in [-0.15, -0.1) is 0 Å². The van der Waals surface area contributed by atoms with Gasteiger partial charge in [0, 0.05) is 25.1 Å². The lowest BCUT2D eigenvalue weighted by Crippen LogP contribution is -2.38. The third-order valence-electron chi connectivity index (χ3n) is 4.02. The van der Waals surface area contributed by atoms with Gasteiger partial charge in [-0.05, 0) is 24.3 Å². The third kappa shape index (κ3) is 2.57. The Morgan fingerprint density at radius 3 is 2.76 bits per heavy atom. The molecule has 1 atom stereocenters. The molecule has 1 saturated heterocycles. The molecule has 1 heterocycles. The highest BCUT2D eigenvalue weighted by atomic mass is 32.2. The Hall–Kier alpha value is -1.43. The van der Waals surface area contributed by atoms with Crippen molar-refractivity contribution in [2.45, 2.75) is 23.8 Å². The van der Waals surface area contributed by atoms with E-state index in [1.54, 1.807) is 23.5 Å². The number of fused-ring (bicyclic) bond motifs is 1. The number of sulfonamides is 1. The number of ether oxygens (including phenoxy) is 1. The maximum absolute atomic E-state index is 13.0. The number of hydrogen-bond acceptors (Lipinski definition) is 3. The summed E-state index contributed by atoms with van der Waals surface area (Å²) in [4.78, 5) is 0.392. The molecule has 0 saturated carbocycles. The van der Waals surface area contributed by atoms with Crippen molar-refractivity contribution < 1.29 is 13.2 Å². The summed E-state index contributed by atoms with van der Waals surface area (Å²) >= 11 is 0. The molecule has 0 bridgehead atoms. The molecule has 2 aromatic rings. The van der Waals surface area contributed by atoms with Crippen molar-refractivity contribution in [2.75, 3.05) is 20.3 Å². The lowest BCUT2D eigenvalue weighted by molar-refractivity contribution is 0.149. The van der Waals surface area contributed by atoms with Crippen LogP contribution in [0.2, 0.25) is 0 Å². The average molecular weight is 305 g/mol. The summed E-state index contributed by atoms with van der Waals surface area (Å²) in [6, 6.07) is 13.0. The van der Waals surface area contributed by atoms with Crippen LogP contribution in [0.3, 0.4) is 0 Å². The van der Waals surface area contributed by atoms with E-state index in [-0.39, 0.29) is 6.04 Å². The predicted octanol–water partition coefficient (Wildman–Crippen LogP) is 2.64. The molecule has 4 nitrogen and oxygen atoms in total. The minimum absolute atomic E-state index is 0.0565. The van der Waals surface area contributed by atoms with Crippen molar-refractivity contribution in [1.82, 2.24) is 4.31 Å². The monoisotopic (exact) mass is 305 g/mol. The summed E-state index contributed by atoms with van der Waals surface area (Å²) in [5.74, 6) is 0. The Labute approximate surface area is 125 Å². The van der Waals surface area contributed by atoms with Gasteiger partial charge in [0.2, 0.25) is 10.0 Å². The second-order valence-corrected chi connectivity index (χ2v) is 7.20. The van der Waals surface area contributed by atoms with Gasteiger partial charge in [0.15, 0.2) is 0 Å². The highest BCUT2D eigenvalue weighted by Crippen LogP contribution is 2.30. The number of nitrogens with zero attached hydrogens (tertiary/aromatic N) is 1. The first-order chi connectivity index (χ1) is 10.1. The molecule has 1 unspecified atom stereocenters. The van der Waals surface area contributed by atoms with Gasteiger partial charge < -0.3 is 4.74 Å². The lowest BCUT2D eigenvalue weighted by Gasteiger charge is -2.24. The molecule has 0 radical (unpaired) electrons. The molecular formula is C16H19NO3S. The summed E-state index contributed by atoms with van der Waals surface area (Å²) in [6.07, 6.45) is 1.75. The molecule has 3 rings (SSSR count). The van der Waals surface area contributed by atoms with E-state index in [2.05, 4.69) is 0 Å². The van der Waals surface area contributed by atoms with Gasteiger partial charge in [0.25, 0.3) is 0 Å². The van der Waals surface area contributed by atoms with Crippen molar-refractivity contribution in [2.24, 2.45) is 0 Å². The van der Waals surface area contributed by atoms with E-state index < -0.39 is 10.0 Å². The summed E-state index contributed by atoms with van der Waals surface area (Å²) in [5.41, 5.74) is 0. The predicted molar refractivity (Wildman–Crippen MR) is 82.7 cm³/mol. The molecule has 0 spiro atoms. The number of benzene rings is 2. The van der Waals surface area contributed by atoms with Crippen LogP contribution in [0.25, 0.3) is 10.8 Å². The Balaban J connectivity index is 2.08. The molecule has 21 heavy (non-hydrogen) atoms. The highest BCUT2D eigenvalue weighted by molar-refractivity contribution is 7.89. The van der Waals surface area contributed by atoms with Crippen molar-refractivity contribution in [3.05, 3.63) is 42.5 Å². The second-order valence-electron chi connectivity index (χ2n) is 5.34. The van der Waals surface area contributed by atoms with Gasteiger partial charge in [0.1, 0.15) is 0 Å². The molecular weight excluding hydrogens is 286 g/mol. The topological polar surface area (TPSA) is 46.6 Å². The highest BCUT2D eigenvalue weighted by Gasteiger charge is 2.35. The Morgan fingerprint density at radius 2 is 1.95 bits per heavy atom. The molecule has 2 aromatic carbocycles. The first-order valence-corrected chi connectivity index (χ1v) is 8.57. The first kappa shape index (κ1) is 14.5. The van der Waals surface area contributed by atoms with Crippen molar-refractivity contribution in [3.63, 3.8) is 0 Å². The molecule has 1 aliphatic heterocycles. The summed E-state index contributed by atoms with van der Waals surface area (Å²) in [5, 5.41) is 1.73. The van der Waals surface area contributed by atoms with Crippen LogP contribution in [0.15, 0.2) is 47.4 Å². The zero-order chi connectivity index (χ0) is 14.9. The Kier molecular flexibility index (Phi) is 3.97. The van der Waals surface area contributed by atoms with Gasteiger partial charge in [-0.3, -0.25) is 0 Å². The molecule has 0 N–H and O–H groups in total. The molecule has 112 valence electrons. The van der Waals surface area contributed by atoms with Crippen LogP contribution in [-0.4, -0.2) is 39.0 Å². The van der Waals surface area contributed by atoms with Crippen molar-refractivity contribution in [3.8, 4) is 0 Å². The Morgan fingerprint density at radius 1 is 1.19 bits per heavy atom. The fourth-order valence-corrected chi connectivity index (χ4v) is 4.93. The Bertz CT molecular complexity index is 737. The maximum atomic E-state index is 13.0. The average Bonchev–Trinajstić information content (AvgIpc) is 2.96. The van der Waals surface area contributed by atoms with E-state index in [0.717, 1.165) is 23.6 Å². The lowest BCUT2D eigenvalue weighted by atomic mass is 10.1. The van der Waals surface area contributed by atoms with E-state index in [9.17, 15) is 8.42 Å². The maximum Gasteiger partial charge on any atom is 0.244 e. The van der Waals surface area contributed by atoms with E-state index in [4.69, 9.17) is 4.74 Å². The number of methoxy groups -OCH3 is 1. The van der Waals surface area contributed by atoms with Crippen LogP contribution in [0.1, 0.15) is 12.8 Å². The van der Waals surface area contributed by atoms with Crippen LogP contribution < -0.4 is 0 Å². The standard InChI is InChI=1S/C16H19NO3S/c1-20-12-14-8-5-11-17(14)21(18,19)16-10-4-7-13-6-2-3-9-15(13)16/h2-4,6-7,9-10,14H,5,8,11-12H2,1H3. The molecule has 1 fully saturated rings. The zero-order valence-electron chi connectivity index (χ0n) is 12.0. The van der Waals surface area contributed by atoms with E-state index in [0.29, 0.717) is 18.0 Å². The minimum Gasteiger partial charge on any atom is -0.383 e. The van der Waals surface area contributed by atoms with Crippen LogP contribution in [0.5, 0.6) is 0 Å². The van der Waals surface area contributed by atoms with Crippen LogP contribution >= 0.6 is 0 Å². The summed E-state index contributed by atoms with van der Waals surface area (Å²) < 4.78 is 32.8. The molecule has 5 heteroatoms. The molecule has 0 aliphatic carbocycles. The molecule has 0 amide bonds. The first-order valence-electron chi connectivity index (χ1n) is 7.13. The van der Waals surface area contributed by atoms with Gasteiger partial charge in [-0.2, -0.15) is 4.31 Å². The van der Waals surface area contributed by atoms with E-state index in [1.807, 2.05) is 30.3 Å². The fourth-order valence-electron chi connectivity index (χ4n) is 3.03. The molecule has 0 aromatic heterocycles. The van der Waals surface area contributed by atoms with Crippen molar-refractivity contribution >= 4 is 20.8 Å². The second kappa shape index (κ2) is 5.75. The van der Waals surface area contributed by atoms with E-state index >= 15 is 0 Å². The summed E-state index contributed by atoms with van der Waals surface area (Å²) in [7, 11) is -1.87. The minimum atomic E-state index is -3.48. The zero-order valence-corrected chi connectivity index (χ0v) is 12.8. The van der Waals surface area contributed by atoms with Gasteiger partial charge >= 0.3 is 0 Å². The van der Waals surface area contributed by atoms with Crippen LogP contribution in [0, 0.1) is 0 Å². The SMILES string of the molecule is COCC1CCCN1S(=O)(=O)c1cccc2ccccc12. The fraction of sp³-hybridized carbons (Fsp3) is 0.375. The quantitative estimate of drug-likeness (QED) is 0.872. The van der Waals surface area contributed by atoms with Gasteiger partial charge in [-0.1, -0.05) is 36.4 Å². The van der Waals surface area contributed by atoms with E-state index in [1.165, 1.54) is 0 Å². The smallest absolute Gasteiger partial charge is 0.244 e. The molecule has 1 aliphatic rings.